The highest BCUT2D eigenvalue weighted by Gasteiger charge is 2.24. The van der Waals surface area contributed by atoms with Gasteiger partial charge < -0.3 is 9.47 Å². The minimum absolute atomic E-state index is 0.236. The Kier molecular flexibility index (Phi) is 5.65. The smallest absolute Gasteiger partial charge is 0.363 e. The summed E-state index contributed by atoms with van der Waals surface area (Å²) in [5.74, 6) is 0.470. The van der Waals surface area contributed by atoms with Crippen LogP contribution in [0.5, 0.6) is 5.75 Å². The van der Waals surface area contributed by atoms with Crippen molar-refractivity contribution in [2.24, 2.45) is 4.99 Å². The zero-order valence-corrected chi connectivity index (χ0v) is 16.7. The second-order valence-corrected chi connectivity index (χ2v) is 7.14. The van der Waals surface area contributed by atoms with Crippen molar-refractivity contribution in [3.05, 3.63) is 105 Å². The van der Waals surface area contributed by atoms with E-state index in [9.17, 15) is 4.79 Å². The van der Waals surface area contributed by atoms with Gasteiger partial charge in [-0.05, 0) is 54.1 Å². The van der Waals surface area contributed by atoms with Crippen LogP contribution in [0.25, 0.3) is 6.08 Å². The van der Waals surface area contributed by atoms with Crippen LogP contribution in [0.1, 0.15) is 16.7 Å². The van der Waals surface area contributed by atoms with Crippen molar-refractivity contribution in [3.63, 3.8) is 0 Å². The van der Waals surface area contributed by atoms with Crippen LogP contribution in [-0.4, -0.2) is 11.9 Å². The van der Waals surface area contributed by atoms with Gasteiger partial charge >= 0.3 is 5.97 Å². The van der Waals surface area contributed by atoms with Gasteiger partial charge in [-0.3, -0.25) is 0 Å². The maximum absolute atomic E-state index is 12.1. The maximum Gasteiger partial charge on any atom is 0.363 e. The van der Waals surface area contributed by atoms with E-state index in [0.29, 0.717) is 28.0 Å². The van der Waals surface area contributed by atoms with Crippen LogP contribution < -0.4 is 4.74 Å². The molecular formula is C23H15Cl2NO3. The van der Waals surface area contributed by atoms with Crippen molar-refractivity contribution in [2.75, 3.05) is 0 Å². The predicted molar refractivity (Wildman–Crippen MR) is 114 cm³/mol. The van der Waals surface area contributed by atoms with Crippen LogP contribution in [0.2, 0.25) is 10.0 Å². The van der Waals surface area contributed by atoms with E-state index in [0.717, 1.165) is 11.1 Å². The number of carbonyl (C=O) groups excluding carboxylic acids is 1. The lowest BCUT2D eigenvalue weighted by molar-refractivity contribution is -0.129. The summed E-state index contributed by atoms with van der Waals surface area (Å²) >= 11 is 12.0. The molecule has 0 amide bonds. The van der Waals surface area contributed by atoms with Crippen LogP contribution in [-0.2, 0) is 16.1 Å². The Morgan fingerprint density at radius 3 is 2.38 bits per heavy atom. The van der Waals surface area contributed by atoms with Crippen molar-refractivity contribution in [1.29, 1.82) is 0 Å². The number of nitrogens with zero attached hydrogens (tertiary/aromatic N) is 1. The van der Waals surface area contributed by atoms with Gasteiger partial charge in [0.05, 0.1) is 0 Å². The quantitative estimate of drug-likeness (QED) is 0.378. The van der Waals surface area contributed by atoms with E-state index < -0.39 is 5.97 Å². The molecule has 4 rings (SSSR count). The molecule has 1 aliphatic heterocycles. The minimum atomic E-state index is -0.492. The topological polar surface area (TPSA) is 47.9 Å². The predicted octanol–water partition coefficient (Wildman–Crippen LogP) is 5.92. The SMILES string of the molecule is O=C1OC(c2ccc(Cl)cc2)=N/C1=C\c1ccc(OCc2ccccc2Cl)cc1. The van der Waals surface area contributed by atoms with Crippen molar-refractivity contribution >= 4 is 41.1 Å². The number of hydrogen-bond donors (Lipinski definition) is 0. The number of halogens is 2. The zero-order valence-electron chi connectivity index (χ0n) is 15.1. The Morgan fingerprint density at radius 2 is 1.66 bits per heavy atom. The number of esters is 1. The molecule has 0 atom stereocenters. The Bertz CT molecular complexity index is 1100. The molecule has 4 nitrogen and oxygen atoms in total. The second-order valence-electron chi connectivity index (χ2n) is 6.29. The lowest BCUT2D eigenvalue weighted by atomic mass is 10.2. The molecule has 0 aliphatic carbocycles. The highest BCUT2D eigenvalue weighted by Crippen LogP contribution is 2.22. The van der Waals surface area contributed by atoms with Gasteiger partial charge in [0.1, 0.15) is 12.4 Å². The van der Waals surface area contributed by atoms with Crippen molar-refractivity contribution in [2.45, 2.75) is 6.61 Å². The summed E-state index contributed by atoms with van der Waals surface area (Å²) in [6.45, 7) is 0.376. The normalized spacial score (nSPS) is 14.6. The van der Waals surface area contributed by atoms with Crippen LogP contribution >= 0.6 is 23.2 Å². The number of hydrogen-bond acceptors (Lipinski definition) is 4. The molecule has 0 bridgehead atoms. The van der Waals surface area contributed by atoms with Gasteiger partial charge in [0.15, 0.2) is 5.70 Å². The Morgan fingerprint density at radius 1 is 0.931 bits per heavy atom. The monoisotopic (exact) mass is 423 g/mol. The van der Waals surface area contributed by atoms with E-state index >= 15 is 0 Å². The first-order valence-electron chi connectivity index (χ1n) is 8.83. The summed E-state index contributed by atoms with van der Waals surface area (Å²) in [5.41, 5.74) is 2.65. The molecule has 0 N–H and O–H groups in total. The number of ether oxygens (including phenoxy) is 2. The highest BCUT2D eigenvalue weighted by atomic mass is 35.5. The first kappa shape index (κ1) is 19.2. The van der Waals surface area contributed by atoms with Gasteiger partial charge in [-0.2, -0.15) is 0 Å². The van der Waals surface area contributed by atoms with Crippen molar-refractivity contribution in [1.82, 2.24) is 0 Å². The van der Waals surface area contributed by atoms with Crippen molar-refractivity contribution in [3.8, 4) is 5.75 Å². The van der Waals surface area contributed by atoms with E-state index in [1.54, 1.807) is 30.3 Å². The Hall–Kier alpha value is -3.08. The molecule has 0 aromatic heterocycles. The summed E-state index contributed by atoms with van der Waals surface area (Å²) in [6.07, 6.45) is 1.67. The zero-order chi connectivity index (χ0) is 20.2. The number of cyclic esters (lactones) is 1. The fourth-order valence-corrected chi connectivity index (χ4v) is 3.04. The Labute approximate surface area is 178 Å². The van der Waals surface area contributed by atoms with Crippen LogP contribution in [0.3, 0.4) is 0 Å². The number of carbonyl (C=O) groups is 1. The average Bonchev–Trinajstić information content (AvgIpc) is 3.09. The average molecular weight is 424 g/mol. The third-order valence-electron chi connectivity index (χ3n) is 4.25. The summed E-state index contributed by atoms with van der Waals surface area (Å²) in [5, 5.41) is 1.27. The summed E-state index contributed by atoms with van der Waals surface area (Å²) in [4.78, 5) is 16.4. The molecule has 3 aromatic carbocycles. The molecule has 144 valence electrons. The standard InChI is InChI=1S/C23H15Cl2NO3/c24-18-9-7-16(8-10-18)22-26-21(23(27)29-22)13-15-5-11-19(12-6-15)28-14-17-3-1-2-4-20(17)25/h1-13H,14H2/b21-13-. The van der Waals surface area contributed by atoms with Crippen LogP contribution in [0.15, 0.2) is 83.5 Å². The molecule has 29 heavy (non-hydrogen) atoms. The maximum atomic E-state index is 12.1. The summed E-state index contributed by atoms with van der Waals surface area (Å²) in [6, 6.07) is 21.8. The second kappa shape index (κ2) is 8.52. The summed E-state index contributed by atoms with van der Waals surface area (Å²) in [7, 11) is 0. The lowest BCUT2D eigenvalue weighted by Crippen LogP contribution is -2.05. The number of benzene rings is 3. The molecule has 0 fully saturated rings. The largest absolute Gasteiger partial charge is 0.489 e. The van der Waals surface area contributed by atoms with Gasteiger partial charge in [-0.15, -0.1) is 0 Å². The number of aliphatic imine (C=N–C) groups is 1. The molecule has 0 spiro atoms. The molecule has 0 radical (unpaired) electrons. The highest BCUT2D eigenvalue weighted by molar-refractivity contribution is 6.31. The minimum Gasteiger partial charge on any atom is -0.489 e. The molecule has 0 unspecified atom stereocenters. The summed E-state index contributed by atoms with van der Waals surface area (Å²) < 4.78 is 11.0. The lowest BCUT2D eigenvalue weighted by Gasteiger charge is -2.07. The molecule has 1 aliphatic rings. The van der Waals surface area contributed by atoms with E-state index in [4.69, 9.17) is 32.7 Å². The molecule has 6 heteroatoms. The van der Waals surface area contributed by atoms with E-state index in [1.807, 2.05) is 48.5 Å². The fourth-order valence-electron chi connectivity index (χ4n) is 2.72. The van der Waals surface area contributed by atoms with Crippen molar-refractivity contribution < 1.29 is 14.3 Å². The molecule has 0 saturated heterocycles. The van der Waals surface area contributed by atoms with Gasteiger partial charge in [0, 0.05) is 21.2 Å². The van der Waals surface area contributed by atoms with E-state index in [2.05, 4.69) is 4.99 Å². The third kappa shape index (κ3) is 4.67. The molecule has 1 heterocycles. The van der Waals surface area contributed by atoms with E-state index in [1.165, 1.54) is 0 Å². The van der Waals surface area contributed by atoms with Crippen LogP contribution in [0, 0.1) is 0 Å². The number of rotatable bonds is 5. The van der Waals surface area contributed by atoms with Gasteiger partial charge in [0.25, 0.3) is 0 Å². The van der Waals surface area contributed by atoms with E-state index in [-0.39, 0.29) is 11.6 Å². The third-order valence-corrected chi connectivity index (χ3v) is 4.87. The molecule has 3 aromatic rings. The van der Waals surface area contributed by atoms with Gasteiger partial charge in [-0.1, -0.05) is 53.5 Å². The Balaban J connectivity index is 1.46. The molecular weight excluding hydrogens is 409 g/mol. The van der Waals surface area contributed by atoms with Gasteiger partial charge in [-0.25, -0.2) is 9.79 Å². The van der Waals surface area contributed by atoms with Crippen LogP contribution in [0.4, 0.5) is 0 Å². The first-order chi connectivity index (χ1) is 14.1. The molecule has 0 saturated carbocycles. The fraction of sp³-hybridized carbons (Fsp3) is 0.0435. The van der Waals surface area contributed by atoms with Gasteiger partial charge in [0.2, 0.25) is 5.90 Å². The first-order valence-corrected chi connectivity index (χ1v) is 9.59.